The second-order valence-corrected chi connectivity index (χ2v) is 8.84. The lowest BCUT2D eigenvalue weighted by atomic mass is 9.89. The lowest BCUT2D eigenvalue weighted by molar-refractivity contribution is 1.27. The predicted molar refractivity (Wildman–Crippen MR) is 139 cm³/mol. The Bertz CT molecular complexity index is 1630. The molecular weight excluding hydrogens is 398 g/mol. The van der Waals surface area contributed by atoms with E-state index >= 15 is 0 Å². The van der Waals surface area contributed by atoms with Gasteiger partial charge in [-0.05, 0) is 74.0 Å². The molecule has 0 fully saturated rings. The van der Waals surface area contributed by atoms with Gasteiger partial charge in [0.1, 0.15) is 0 Å². The molecule has 0 N–H and O–H groups in total. The third kappa shape index (κ3) is 2.97. The van der Waals surface area contributed by atoms with Gasteiger partial charge >= 0.3 is 0 Å². The van der Waals surface area contributed by atoms with Crippen LogP contribution in [0.2, 0.25) is 0 Å². The number of hydrogen-bond acceptors (Lipinski definition) is 1. The highest BCUT2D eigenvalue weighted by molar-refractivity contribution is 6.20. The quantitative estimate of drug-likeness (QED) is 0.259. The minimum Gasteiger partial charge on any atom is -0.248 e. The zero-order valence-electron chi connectivity index (χ0n) is 18.1. The molecular formula is C32H21N. The topological polar surface area (TPSA) is 12.4 Å². The van der Waals surface area contributed by atoms with Gasteiger partial charge in [-0.15, -0.1) is 0 Å². The van der Waals surface area contributed by atoms with Gasteiger partial charge in [-0.3, -0.25) is 0 Å². The monoisotopic (exact) mass is 419 g/mol. The molecule has 7 rings (SSSR count). The predicted octanol–water partition coefficient (Wildman–Crippen LogP) is 8.25. The first-order valence-electron chi connectivity index (χ1n) is 11.4. The fraction of sp³-hybridized carbons (Fsp3) is 0.0312. The Labute approximate surface area is 193 Å². The Morgan fingerprint density at radius 2 is 1.24 bits per heavy atom. The highest BCUT2D eigenvalue weighted by Crippen LogP contribution is 2.41. The summed E-state index contributed by atoms with van der Waals surface area (Å²) in [6.07, 6.45) is 3.19. The van der Waals surface area contributed by atoms with Crippen molar-refractivity contribution < 1.29 is 0 Å². The maximum absolute atomic E-state index is 5.13. The molecule has 2 aliphatic rings. The second-order valence-electron chi connectivity index (χ2n) is 8.84. The molecule has 5 aromatic carbocycles. The number of para-hydroxylation sites is 1. The normalized spacial score (nSPS) is 13.7. The van der Waals surface area contributed by atoms with Gasteiger partial charge in [0.05, 0.1) is 11.4 Å². The van der Waals surface area contributed by atoms with E-state index in [1.165, 1.54) is 55.3 Å². The van der Waals surface area contributed by atoms with E-state index in [9.17, 15) is 0 Å². The fourth-order valence-electron chi connectivity index (χ4n) is 5.20. The summed E-state index contributed by atoms with van der Waals surface area (Å²) in [6.45, 7) is 0. The first-order chi connectivity index (χ1) is 16.3. The number of aliphatic imine (C=N–C) groups is 1. The summed E-state index contributed by atoms with van der Waals surface area (Å²) in [4.78, 5) is 5.13. The zero-order chi connectivity index (χ0) is 21.8. The minimum atomic E-state index is 0.895. The van der Waals surface area contributed by atoms with Crippen LogP contribution in [0.1, 0.15) is 16.7 Å². The molecule has 0 radical (unpaired) electrons. The molecule has 5 aromatic rings. The van der Waals surface area contributed by atoms with Crippen LogP contribution in [0.25, 0.3) is 38.6 Å². The van der Waals surface area contributed by atoms with Crippen molar-refractivity contribution in [2.45, 2.75) is 6.42 Å². The first-order valence-corrected chi connectivity index (χ1v) is 11.4. The summed E-state index contributed by atoms with van der Waals surface area (Å²) < 4.78 is 0. The van der Waals surface area contributed by atoms with Crippen LogP contribution in [0.3, 0.4) is 0 Å². The Balaban J connectivity index is 1.47. The number of allylic oxidation sites excluding steroid dienone is 2. The van der Waals surface area contributed by atoms with Crippen molar-refractivity contribution in [1.29, 1.82) is 0 Å². The van der Waals surface area contributed by atoms with Gasteiger partial charge < -0.3 is 0 Å². The first kappa shape index (κ1) is 18.4. The van der Waals surface area contributed by atoms with E-state index in [1.807, 2.05) is 0 Å². The summed E-state index contributed by atoms with van der Waals surface area (Å²) in [5.74, 6) is 0. The third-order valence-corrected chi connectivity index (χ3v) is 6.87. The molecule has 33 heavy (non-hydrogen) atoms. The highest BCUT2D eigenvalue weighted by atomic mass is 14.8. The van der Waals surface area contributed by atoms with Gasteiger partial charge in [0, 0.05) is 12.0 Å². The van der Waals surface area contributed by atoms with Crippen LogP contribution in [0.15, 0.2) is 120 Å². The number of nitrogens with zero attached hydrogens (tertiary/aromatic N) is 1. The van der Waals surface area contributed by atoms with E-state index in [2.05, 4.69) is 115 Å². The molecule has 1 heteroatoms. The summed E-state index contributed by atoms with van der Waals surface area (Å²) in [5.41, 5.74) is 12.2. The summed E-state index contributed by atoms with van der Waals surface area (Å²) in [5, 5.41) is 2.54. The minimum absolute atomic E-state index is 0.895. The number of benzene rings is 5. The van der Waals surface area contributed by atoms with E-state index in [4.69, 9.17) is 4.99 Å². The van der Waals surface area contributed by atoms with Gasteiger partial charge in [0.15, 0.2) is 0 Å². The fourth-order valence-corrected chi connectivity index (χ4v) is 5.20. The van der Waals surface area contributed by atoms with Crippen LogP contribution < -0.4 is 0 Å². The SMILES string of the molecule is C1=C2Cc3ccccc3N=C1c1ccc(-c3ccc4ccccc4c3)cc1-c1ccccc12. The molecule has 0 amide bonds. The molecule has 0 atom stereocenters. The van der Waals surface area contributed by atoms with E-state index in [1.54, 1.807) is 0 Å². The molecule has 0 spiro atoms. The van der Waals surface area contributed by atoms with E-state index in [0.29, 0.717) is 0 Å². The van der Waals surface area contributed by atoms with Crippen LogP contribution >= 0.6 is 0 Å². The zero-order valence-corrected chi connectivity index (χ0v) is 18.1. The Morgan fingerprint density at radius 3 is 2.18 bits per heavy atom. The van der Waals surface area contributed by atoms with Crippen molar-refractivity contribution in [3.63, 3.8) is 0 Å². The molecule has 0 unspecified atom stereocenters. The average molecular weight is 420 g/mol. The Hall–Kier alpha value is -4.23. The second kappa shape index (κ2) is 7.15. The van der Waals surface area contributed by atoms with E-state index < -0.39 is 0 Å². The van der Waals surface area contributed by atoms with Gasteiger partial charge in [0.25, 0.3) is 0 Å². The van der Waals surface area contributed by atoms with Crippen molar-refractivity contribution in [2.24, 2.45) is 4.99 Å². The summed E-state index contributed by atoms with van der Waals surface area (Å²) in [6, 6.07) is 39.4. The standard InChI is InChI=1S/C32H21N/c1-2-8-22-17-23(14-13-21(22)7-1)24-15-16-29-30(19-24)28-11-5-4-10-27(28)26-18-25-9-3-6-12-31(25)33-32(29)20-26/h1-17,19-20H,18H2. The van der Waals surface area contributed by atoms with Gasteiger partial charge in [-0.1, -0.05) is 91.0 Å². The number of rotatable bonds is 1. The number of fused-ring (bicyclic) bond motifs is 8. The molecule has 1 nitrogen and oxygen atoms in total. The van der Waals surface area contributed by atoms with Crippen LogP contribution in [-0.4, -0.2) is 5.71 Å². The highest BCUT2D eigenvalue weighted by Gasteiger charge is 2.23. The largest absolute Gasteiger partial charge is 0.248 e. The maximum Gasteiger partial charge on any atom is 0.0718 e. The van der Waals surface area contributed by atoms with Crippen LogP contribution in [-0.2, 0) is 6.42 Å². The van der Waals surface area contributed by atoms with Crippen molar-refractivity contribution in [3.8, 4) is 22.3 Å². The molecule has 154 valence electrons. The van der Waals surface area contributed by atoms with Crippen LogP contribution in [0.5, 0.6) is 0 Å². The van der Waals surface area contributed by atoms with E-state index in [0.717, 1.165) is 17.8 Å². The summed E-state index contributed by atoms with van der Waals surface area (Å²) >= 11 is 0. The molecule has 1 aliphatic heterocycles. The van der Waals surface area contributed by atoms with Crippen LogP contribution in [0.4, 0.5) is 5.69 Å². The lowest BCUT2D eigenvalue weighted by Crippen LogP contribution is -1.99. The molecule has 0 saturated carbocycles. The Morgan fingerprint density at radius 1 is 0.515 bits per heavy atom. The smallest absolute Gasteiger partial charge is 0.0718 e. The van der Waals surface area contributed by atoms with Crippen molar-refractivity contribution in [1.82, 2.24) is 0 Å². The molecule has 0 saturated heterocycles. The van der Waals surface area contributed by atoms with Crippen molar-refractivity contribution >= 4 is 27.7 Å². The van der Waals surface area contributed by atoms with Gasteiger partial charge in [-0.2, -0.15) is 0 Å². The molecule has 2 bridgehead atoms. The van der Waals surface area contributed by atoms with Gasteiger partial charge in [-0.25, -0.2) is 4.99 Å². The molecule has 1 aliphatic carbocycles. The van der Waals surface area contributed by atoms with Crippen molar-refractivity contribution in [3.05, 3.63) is 132 Å². The molecule has 1 heterocycles. The van der Waals surface area contributed by atoms with Crippen molar-refractivity contribution in [2.75, 3.05) is 0 Å². The lowest BCUT2D eigenvalue weighted by Gasteiger charge is -2.16. The Kier molecular flexibility index (Phi) is 3.97. The summed E-state index contributed by atoms with van der Waals surface area (Å²) in [7, 11) is 0. The average Bonchev–Trinajstić information content (AvgIpc) is 3.14. The number of hydrogen-bond donors (Lipinski definition) is 0. The van der Waals surface area contributed by atoms with E-state index in [-0.39, 0.29) is 0 Å². The molecule has 0 aromatic heterocycles. The third-order valence-electron chi connectivity index (χ3n) is 6.87. The van der Waals surface area contributed by atoms with Crippen LogP contribution in [0, 0.1) is 0 Å². The van der Waals surface area contributed by atoms with Gasteiger partial charge in [0.2, 0.25) is 0 Å². The maximum atomic E-state index is 5.13.